The fourth-order valence-corrected chi connectivity index (χ4v) is 2.44. The van der Waals surface area contributed by atoms with Crippen LogP contribution < -0.4 is 5.32 Å². The molecule has 1 rings (SSSR count). The van der Waals surface area contributed by atoms with Gasteiger partial charge >= 0.3 is 0 Å². The van der Waals surface area contributed by atoms with Crippen LogP contribution in [0.5, 0.6) is 0 Å². The van der Waals surface area contributed by atoms with Crippen molar-refractivity contribution < 1.29 is 14.6 Å². The van der Waals surface area contributed by atoms with Gasteiger partial charge in [0.1, 0.15) is 6.61 Å². The predicted molar refractivity (Wildman–Crippen MR) is 71.3 cm³/mol. The number of carbonyl (C=O) groups excluding carboxylic acids is 1. The average molecular weight is 257 g/mol. The zero-order valence-electron chi connectivity index (χ0n) is 11.7. The summed E-state index contributed by atoms with van der Waals surface area (Å²) in [5.41, 5.74) is 0. The van der Waals surface area contributed by atoms with Gasteiger partial charge in [0, 0.05) is 6.54 Å². The van der Waals surface area contributed by atoms with Crippen LogP contribution in [-0.4, -0.2) is 36.4 Å². The van der Waals surface area contributed by atoms with Crippen LogP contribution >= 0.6 is 0 Å². The van der Waals surface area contributed by atoms with Crippen molar-refractivity contribution in [1.29, 1.82) is 0 Å². The Bertz CT molecular complexity index is 245. The number of hydrogen-bond acceptors (Lipinski definition) is 3. The maximum Gasteiger partial charge on any atom is 0.246 e. The number of amides is 1. The van der Waals surface area contributed by atoms with Gasteiger partial charge in [0.05, 0.1) is 12.2 Å². The molecule has 0 aromatic heterocycles. The highest BCUT2D eigenvalue weighted by molar-refractivity contribution is 5.77. The first-order chi connectivity index (χ1) is 8.61. The van der Waals surface area contributed by atoms with Gasteiger partial charge < -0.3 is 15.2 Å². The lowest BCUT2D eigenvalue weighted by atomic mass is 9.89. The molecule has 4 nitrogen and oxygen atoms in total. The normalized spacial score (nSPS) is 25.7. The largest absolute Gasteiger partial charge is 0.391 e. The van der Waals surface area contributed by atoms with Crippen LogP contribution in [0.4, 0.5) is 0 Å². The highest BCUT2D eigenvalue weighted by atomic mass is 16.5. The Morgan fingerprint density at radius 1 is 1.50 bits per heavy atom. The van der Waals surface area contributed by atoms with Gasteiger partial charge in [-0.3, -0.25) is 4.79 Å². The number of rotatable bonds is 7. The summed E-state index contributed by atoms with van der Waals surface area (Å²) < 4.78 is 5.61. The zero-order chi connectivity index (χ0) is 13.4. The maximum atomic E-state index is 11.5. The van der Waals surface area contributed by atoms with Crippen LogP contribution in [-0.2, 0) is 9.53 Å². The lowest BCUT2D eigenvalue weighted by molar-refractivity contribution is -0.129. The summed E-state index contributed by atoms with van der Waals surface area (Å²) in [6.45, 7) is 4.70. The molecular weight excluding hydrogens is 230 g/mol. The predicted octanol–water partition coefficient (Wildman–Crippen LogP) is 1.86. The lowest BCUT2D eigenvalue weighted by Crippen LogP contribution is -2.36. The second kappa shape index (κ2) is 8.48. The van der Waals surface area contributed by atoms with Gasteiger partial charge in [-0.1, -0.05) is 33.1 Å². The molecule has 1 aliphatic carbocycles. The molecule has 4 heteroatoms. The second-order valence-electron chi connectivity index (χ2n) is 5.45. The third-order valence-corrected chi connectivity index (χ3v) is 3.50. The van der Waals surface area contributed by atoms with Crippen molar-refractivity contribution in [3.63, 3.8) is 0 Å². The van der Waals surface area contributed by atoms with Crippen LogP contribution in [0.25, 0.3) is 0 Å². The third-order valence-electron chi connectivity index (χ3n) is 3.50. The highest BCUT2D eigenvalue weighted by Gasteiger charge is 2.20. The van der Waals surface area contributed by atoms with Crippen LogP contribution in [0.1, 0.15) is 52.4 Å². The number of carbonyl (C=O) groups is 1. The first-order valence-electron chi connectivity index (χ1n) is 7.18. The molecule has 3 atom stereocenters. The second-order valence-corrected chi connectivity index (χ2v) is 5.45. The SMILES string of the molecule is CCCC(O)CNC(=O)COC1CCCC(C)C1. The van der Waals surface area contributed by atoms with E-state index in [1.807, 2.05) is 6.92 Å². The van der Waals surface area contributed by atoms with Crippen molar-refractivity contribution in [1.82, 2.24) is 5.32 Å². The molecule has 0 aliphatic heterocycles. The van der Waals surface area contributed by atoms with Gasteiger partial charge in [0.2, 0.25) is 5.91 Å². The number of hydrogen-bond donors (Lipinski definition) is 2. The Labute approximate surface area is 110 Å². The highest BCUT2D eigenvalue weighted by Crippen LogP contribution is 2.25. The molecule has 18 heavy (non-hydrogen) atoms. The van der Waals surface area contributed by atoms with Gasteiger partial charge in [0.25, 0.3) is 0 Å². The van der Waals surface area contributed by atoms with Crippen molar-refractivity contribution >= 4 is 5.91 Å². The summed E-state index contributed by atoms with van der Waals surface area (Å²) >= 11 is 0. The Morgan fingerprint density at radius 2 is 2.28 bits per heavy atom. The molecule has 0 spiro atoms. The molecule has 1 amide bonds. The van der Waals surface area contributed by atoms with Gasteiger partial charge in [-0.15, -0.1) is 0 Å². The fourth-order valence-electron chi connectivity index (χ4n) is 2.44. The minimum absolute atomic E-state index is 0.121. The molecule has 0 aromatic rings. The first kappa shape index (κ1) is 15.4. The molecule has 1 saturated carbocycles. The minimum Gasteiger partial charge on any atom is -0.391 e. The van der Waals surface area contributed by atoms with Crippen LogP contribution in [0.2, 0.25) is 0 Å². The third kappa shape index (κ3) is 6.36. The molecule has 106 valence electrons. The molecule has 0 aromatic carbocycles. The van der Waals surface area contributed by atoms with Gasteiger partial charge in [-0.25, -0.2) is 0 Å². The van der Waals surface area contributed by atoms with E-state index in [9.17, 15) is 9.90 Å². The standard InChI is InChI=1S/C14H27NO3/c1-3-5-12(16)9-15-14(17)10-18-13-7-4-6-11(2)8-13/h11-13,16H,3-10H2,1-2H3,(H,15,17). The molecule has 0 bridgehead atoms. The number of nitrogens with one attached hydrogen (secondary N) is 1. The molecule has 0 saturated heterocycles. The van der Waals surface area contributed by atoms with E-state index < -0.39 is 6.10 Å². The number of ether oxygens (including phenoxy) is 1. The molecule has 0 heterocycles. The molecular formula is C14H27NO3. The molecule has 1 aliphatic rings. The molecule has 0 radical (unpaired) electrons. The first-order valence-corrected chi connectivity index (χ1v) is 7.18. The van der Waals surface area contributed by atoms with Crippen LogP contribution in [0, 0.1) is 5.92 Å². The maximum absolute atomic E-state index is 11.5. The molecule has 1 fully saturated rings. The van der Waals surface area contributed by atoms with Gasteiger partial charge in [0.15, 0.2) is 0 Å². The Balaban J connectivity index is 2.09. The Kier molecular flexibility index (Phi) is 7.28. The van der Waals surface area contributed by atoms with Crippen LogP contribution in [0.3, 0.4) is 0 Å². The van der Waals surface area contributed by atoms with Gasteiger partial charge in [-0.05, 0) is 25.2 Å². The van der Waals surface area contributed by atoms with E-state index in [-0.39, 0.29) is 18.6 Å². The zero-order valence-corrected chi connectivity index (χ0v) is 11.7. The summed E-state index contributed by atoms with van der Waals surface area (Å²) in [5, 5.41) is 12.2. The van der Waals surface area contributed by atoms with E-state index in [1.165, 1.54) is 12.8 Å². The summed E-state index contributed by atoms with van der Waals surface area (Å²) in [4.78, 5) is 11.5. The quantitative estimate of drug-likeness (QED) is 0.732. The van der Waals surface area contributed by atoms with Crippen molar-refractivity contribution in [2.24, 2.45) is 5.92 Å². The average Bonchev–Trinajstić information content (AvgIpc) is 2.34. The van der Waals surface area contributed by atoms with Gasteiger partial charge in [-0.2, -0.15) is 0 Å². The van der Waals surface area contributed by atoms with Crippen molar-refractivity contribution in [2.75, 3.05) is 13.2 Å². The van der Waals surface area contributed by atoms with E-state index in [2.05, 4.69) is 12.2 Å². The Morgan fingerprint density at radius 3 is 2.94 bits per heavy atom. The van der Waals surface area contributed by atoms with E-state index in [0.717, 1.165) is 25.7 Å². The van der Waals surface area contributed by atoms with E-state index in [0.29, 0.717) is 12.5 Å². The molecule has 2 N–H and O–H groups in total. The molecule has 3 unspecified atom stereocenters. The van der Waals surface area contributed by atoms with E-state index in [4.69, 9.17) is 4.74 Å². The monoisotopic (exact) mass is 257 g/mol. The summed E-state index contributed by atoms with van der Waals surface area (Å²) in [6.07, 6.45) is 6.04. The van der Waals surface area contributed by atoms with Crippen LogP contribution in [0.15, 0.2) is 0 Å². The summed E-state index contributed by atoms with van der Waals surface area (Å²) in [6, 6.07) is 0. The Hall–Kier alpha value is -0.610. The topological polar surface area (TPSA) is 58.6 Å². The fraction of sp³-hybridized carbons (Fsp3) is 0.929. The number of aliphatic hydroxyl groups is 1. The summed E-state index contributed by atoms with van der Waals surface area (Å²) in [5.74, 6) is 0.585. The summed E-state index contributed by atoms with van der Waals surface area (Å²) in [7, 11) is 0. The van der Waals surface area contributed by atoms with E-state index >= 15 is 0 Å². The smallest absolute Gasteiger partial charge is 0.246 e. The van der Waals surface area contributed by atoms with E-state index in [1.54, 1.807) is 0 Å². The lowest BCUT2D eigenvalue weighted by Gasteiger charge is -2.26. The van der Waals surface area contributed by atoms with Crippen molar-refractivity contribution in [3.8, 4) is 0 Å². The van der Waals surface area contributed by atoms with Crippen molar-refractivity contribution in [3.05, 3.63) is 0 Å². The number of aliphatic hydroxyl groups excluding tert-OH is 1. The minimum atomic E-state index is -0.436. The van der Waals surface area contributed by atoms with Crippen molar-refractivity contribution in [2.45, 2.75) is 64.6 Å².